The number of aryl methyl sites for hydroxylation is 1. The Labute approximate surface area is 193 Å². The summed E-state index contributed by atoms with van der Waals surface area (Å²) < 4.78 is 26.9. The van der Waals surface area contributed by atoms with Gasteiger partial charge in [-0.2, -0.15) is 0 Å². The second-order valence-corrected chi connectivity index (χ2v) is 7.01. The van der Waals surface area contributed by atoms with E-state index in [0.717, 1.165) is 0 Å². The highest BCUT2D eigenvalue weighted by molar-refractivity contribution is 5.87. The lowest BCUT2D eigenvalue weighted by Crippen LogP contribution is -2.16. The van der Waals surface area contributed by atoms with Crippen LogP contribution in [-0.2, 0) is 23.9 Å². The topological polar surface area (TPSA) is 97.4 Å². The lowest BCUT2D eigenvalue weighted by Gasteiger charge is -2.25. The minimum atomic E-state index is -0.924. The molecule has 0 saturated carbocycles. The summed E-state index contributed by atoms with van der Waals surface area (Å²) in [4.78, 5) is 35.6. The fourth-order valence-electron chi connectivity index (χ4n) is 3.31. The fraction of sp³-hybridized carbons (Fsp3) is 0.320. The Bertz CT molecular complexity index is 1050. The van der Waals surface area contributed by atoms with Crippen LogP contribution >= 0.6 is 0 Å². The SMILES string of the molecule is CCOC(=O)/C=C/c1cccc(C(OC(C)=O)c2c(C)cc(OC)c(OC)c2OC(C)=O)c1. The average molecular weight is 456 g/mol. The number of carbonyl (C=O) groups excluding carboxylic acids is 3. The highest BCUT2D eigenvalue weighted by Gasteiger charge is 2.30. The van der Waals surface area contributed by atoms with Crippen LogP contribution in [0, 0.1) is 6.92 Å². The van der Waals surface area contributed by atoms with Crippen LogP contribution in [0.5, 0.6) is 17.2 Å². The Morgan fingerprint density at radius 3 is 2.30 bits per heavy atom. The van der Waals surface area contributed by atoms with E-state index in [-0.39, 0.29) is 18.1 Å². The van der Waals surface area contributed by atoms with Crippen LogP contribution in [0.2, 0.25) is 0 Å². The van der Waals surface area contributed by atoms with Gasteiger partial charge < -0.3 is 23.7 Å². The van der Waals surface area contributed by atoms with Gasteiger partial charge in [0.2, 0.25) is 5.75 Å². The second-order valence-electron chi connectivity index (χ2n) is 7.01. The Hall–Kier alpha value is -3.81. The Morgan fingerprint density at radius 1 is 1.00 bits per heavy atom. The van der Waals surface area contributed by atoms with Crippen molar-refractivity contribution in [2.45, 2.75) is 33.8 Å². The number of ether oxygens (including phenoxy) is 5. The van der Waals surface area contributed by atoms with Crippen molar-refractivity contribution >= 4 is 24.0 Å². The van der Waals surface area contributed by atoms with Crippen molar-refractivity contribution in [2.75, 3.05) is 20.8 Å². The molecule has 1 atom stereocenters. The third-order valence-corrected chi connectivity index (χ3v) is 4.57. The van der Waals surface area contributed by atoms with Gasteiger partial charge in [0, 0.05) is 25.5 Å². The van der Waals surface area contributed by atoms with E-state index in [4.69, 9.17) is 23.7 Å². The third kappa shape index (κ3) is 6.58. The van der Waals surface area contributed by atoms with E-state index >= 15 is 0 Å². The van der Waals surface area contributed by atoms with Gasteiger partial charge in [-0.25, -0.2) is 4.79 Å². The maximum atomic E-state index is 12.0. The van der Waals surface area contributed by atoms with E-state index in [9.17, 15) is 14.4 Å². The van der Waals surface area contributed by atoms with Gasteiger partial charge in [0.25, 0.3) is 0 Å². The van der Waals surface area contributed by atoms with Gasteiger partial charge in [0.15, 0.2) is 17.6 Å². The number of rotatable bonds is 9. The summed E-state index contributed by atoms with van der Waals surface area (Å²) in [5.41, 5.74) is 2.37. The Morgan fingerprint density at radius 2 is 1.73 bits per heavy atom. The molecule has 33 heavy (non-hydrogen) atoms. The summed E-state index contributed by atoms with van der Waals surface area (Å²) in [7, 11) is 2.89. The van der Waals surface area contributed by atoms with Crippen molar-refractivity contribution in [2.24, 2.45) is 0 Å². The molecule has 0 saturated heterocycles. The molecule has 0 aliphatic heterocycles. The number of hydrogen-bond acceptors (Lipinski definition) is 8. The minimum absolute atomic E-state index is 0.0977. The normalized spacial score (nSPS) is 11.6. The molecule has 0 spiro atoms. The highest BCUT2D eigenvalue weighted by Crippen LogP contribution is 2.47. The van der Waals surface area contributed by atoms with Crippen LogP contribution in [0.3, 0.4) is 0 Å². The van der Waals surface area contributed by atoms with Crippen LogP contribution < -0.4 is 14.2 Å². The monoisotopic (exact) mass is 456 g/mol. The zero-order valence-corrected chi connectivity index (χ0v) is 19.6. The lowest BCUT2D eigenvalue weighted by molar-refractivity contribution is -0.144. The predicted molar refractivity (Wildman–Crippen MR) is 121 cm³/mol. The molecular formula is C25H28O8. The van der Waals surface area contributed by atoms with Gasteiger partial charge in [-0.15, -0.1) is 0 Å². The molecular weight excluding hydrogens is 428 g/mol. The summed E-state index contributed by atoms with van der Waals surface area (Å²) in [6.45, 7) is 6.33. The zero-order chi connectivity index (χ0) is 24.5. The third-order valence-electron chi connectivity index (χ3n) is 4.57. The van der Waals surface area contributed by atoms with Crippen LogP contribution in [0.15, 0.2) is 36.4 Å². The molecule has 0 heterocycles. The first-order valence-electron chi connectivity index (χ1n) is 10.3. The molecule has 0 N–H and O–H groups in total. The van der Waals surface area contributed by atoms with Gasteiger partial charge in [0.05, 0.1) is 20.8 Å². The molecule has 2 aromatic carbocycles. The maximum absolute atomic E-state index is 12.0. The molecule has 1 unspecified atom stereocenters. The summed E-state index contributed by atoms with van der Waals surface area (Å²) in [6, 6.07) is 8.79. The van der Waals surface area contributed by atoms with E-state index < -0.39 is 24.0 Å². The van der Waals surface area contributed by atoms with Crippen LogP contribution in [0.4, 0.5) is 0 Å². The van der Waals surface area contributed by atoms with Crippen molar-refractivity contribution in [3.63, 3.8) is 0 Å². The standard InChI is InChI=1S/C25H28O8/c1-7-31-21(28)12-11-18-9-8-10-19(14-18)23(32-16(3)26)22-15(2)13-20(29-5)24(30-6)25(22)33-17(4)27/h8-14,23H,7H2,1-6H3/b12-11+. The van der Waals surface area contributed by atoms with E-state index in [2.05, 4.69) is 0 Å². The first kappa shape index (κ1) is 25.5. The number of carbonyl (C=O) groups is 3. The van der Waals surface area contributed by atoms with Crippen molar-refractivity contribution in [3.05, 3.63) is 58.7 Å². The molecule has 0 aliphatic carbocycles. The number of hydrogen-bond donors (Lipinski definition) is 0. The number of methoxy groups -OCH3 is 2. The largest absolute Gasteiger partial charge is 0.493 e. The van der Waals surface area contributed by atoms with E-state index in [0.29, 0.717) is 28.0 Å². The van der Waals surface area contributed by atoms with Gasteiger partial charge >= 0.3 is 17.9 Å². The Balaban J connectivity index is 2.69. The van der Waals surface area contributed by atoms with E-state index in [1.54, 1.807) is 50.3 Å². The molecule has 8 heteroatoms. The molecule has 0 bridgehead atoms. The maximum Gasteiger partial charge on any atom is 0.330 e. The zero-order valence-electron chi connectivity index (χ0n) is 19.6. The molecule has 176 valence electrons. The van der Waals surface area contributed by atoms with E-state index in [1.165, 1.54) is 34.1 Å². The van der Waals surface area contributed by atoms with Gasteiger partial charge in [0.1, 0.15) is 0 Å². The number of esters is 3. The lowest BCUT2D eigenvalue weighted by atomic mass is 9.94. The summed E-state index contributed by atoms with van der Waals surface area (Å²) in [5, 5.41) is 0. The molecule has 2 rings (SSSR count). The van der Waals surface area contributed by atoms with Crippen LogP contribution in [0.25, 0.3) is 6.08 Å². The molecule has 0 aromatic heterocycles. The predicted octanol–water partition coefficient (Wildman–Crippen LogP) is 4.17. The summed E-state index contributed by atoms with van der Waals surface area (Å²) in [5.74, 6) is -0.912. The van der Waals surface area contributed by atoms with Gasteiger partial charge in [-0.05, 0) is 48.7 Å². The fourth-order valence-corrected chi connectivity index (χ4v) is 3.31. The van der Waals surface area contributed by atoms with Crippen molar-refractivity contribution in [3.8, 4) is 17.2 Å². The molecule has 0 amide bonds. The average Bonchev–Trinajstić information content (AvgIpc) is 2.76. The first-order chi connectivity index (χ1) is 15.7. The molecule has 8 nitrogen and oxygen atoms in total. The van der Waals surface area contributed by atoms with Gasteiger partial charge in [-0.3, -0.25) is 9.59 Å². The highest BCUT2D eigenvalue weighted by atomic mass is 16.6. The second kappa shape index (κ2) is 11.7. The molecule has 2 aromatic rings. The minimum Gasteiger partial charge on any atom is -0.493 e. The molecule has 0 radical (unpaired) electrons. The Kier molecular flexibility index (Phi) is 9.03. The smallest absolute Gasteiger partial charge is 0.330 e. The quantitative estimate of drug-likeness (QED) is 0.315. The van der Waals surface area contributed by atoms with Crippen molar-refractivity contribution in [1.82, 2.24) is 0 Å². The summed E-state index contributed by atoms with van der Waals surface area (Å²) in [6.07, 6.45) is 1.99. The van der Waals surface area contributed by atoms with Crippen LogP contribution in [0.1, 0.15) is 49.1 Å². The van der Waals surface area contributed by atoms with Crippen molar-refractivity contribution in [1.29, 1.82) is 0 Å². The molecule has 0 fully saturated rings. The van der Waals surface area contributed by atoms with Crippen molar-refractivity contribution < 1.29 is 38.1 Å². The van der Waals surface area contributed by atoms with Gasteiger partial charge in [-0.1, -0.05) is 18.2 Å². The molecule has 0 aliphatic rings. The van der Waals surface area contributed by atoms with E-state index in [1.807, 2.05) is 0 Å². The summed E-state index contributed by atoms with van der Waals surface area (Å²) >= 11 is 0. The first-order valence-corrected chi connectivity index (χ1v) is 10.3. The number of benzene rings is 2. The van der Waals surface area contributed by atoms with Crippen LogP contribution in [-0.4, -0.2) is 38.7 Å².